The lowest BCUT2D eigenvalue weighted by atomic mass is 9.76. The number of rotatable bonds is 3. The van der Waals surface area contributed by atoms with E-state index in [-0.39, 0.29) is 12.5 Å². The van der Waals surface area contributed by atoms with Crippen LogP contribution in [0.15, 0.2) is 42.5 Å². The highest BCUT2D eigenvalue weighted by Crippen LogP contribution is 2.39. The Morgan fingerprint density at radius 2 is 2.00 bits per heavy atom. The molecular formula is C21H20ClN3O3. The summed E-state index contributed by atoms with van der Waals surface area (Å²) in [4.78, 5) is 39.3. The van der Waals surface area contributed by atoms with Gasteiger partial charge < -0.3 is 10.6 Å². The standard InChI is InChI=1S/C21H20ClN3O3/c1-13-16(22)9-4-10-17(13)23-18(26)12-25-19(27)21(24-20(25)28)11-5-7-14-6-2-3-8-15(14)21/h2-4,6,8-10H,5,7,11-12H2,1H3,(H,23,26)(H,24,28). The second-order valence-corrected chi connectivity index (χ2v) is 7.61. The maximum absolute atomic E-state index is 13.2. The van der Waals surface area contributed by atoms with Crippen LogP contribution in [-0.2, 0) is 21.5 Å². The number of imide groups is 1. The number of hydrogen-bond donors (Lipinski definition) is 2. The zero-order valence-electron chi connectivity index (χ0n) is 15.4. The largest absolute Gasteiger partial charge is 0.325 e. The number of nitrogens with zero attached hydrogens (tertiary/aromatic N) is 1. The molecule has 1 aliphatic carbocycles. The minimum absolute atomic E-state index is 0.347. The van der Waals surface area contributed by atoms with Gasteiger partial charge in [0.2, 0.25) is 5.91 Å². The fourth-order valence-electron chi connectivity index (χ4n) is 4.03. The first kappa shape index (κ1) is 18.5. The lowest BCUT2D eigenvalue weighted by molar-refractivity contribution is -0.134. The summed E-state index contributed by atoms with van der Waals surface area (Å²) < 4.78 is 0. The fourth-order valence-corrected chi connectivity index (χ4v) is 4.21. The lowest BCUT2D eigenvalue weighted by Gasteiger charge is -2.33. The average molecular weight is 398 g/mol. The van der Waals surface area contributed by atoms with Crippen molar-refractivity contribution in [2.75, 3.05) is 11.9 Å². The van der Waals surface area contributed by atoms with Gasteiger partial charge >= 0.3 is 6.03 Å². The van der Waals surface area contributed by atoms with Crippen LogP contribution in [-0.4, -0.2) is 29.3 Å². The molecule has 4 rings (SSSR count). The topological polar surface area (TPSA) is 78.5 Å². The molecule has 144 valence electrons. The Morgan fingerprint density at radius 3 is 2.82 bits per heavy atom. The minimum atomic E-state index is -1.07. The van der Waals surface area contributed by atoms with Crippen LogP contribution < -0.4 is 10.6 Å². The third-order valence-electron chi connectivity index (χ3n) is 5.49. The molecule has 1 heterocycles. The molecule has 2 N–H and O–H groups in total. The number of aryl methyl sites for hydroxylation is 1. The average Bonchev–Trinajstić information content (AvgIpc) is 2.91. The zero-order valence-corrected chi connectivity index (χ0v) is 16.2. The highest BCUT2D eigenvalue weighted by atomic mass is 35.5. The molecule has 1 atom stereocenters. The van der Waals surface area contributed by atoms with Crippen molar-refractivity contribution >= 4 is 35.1 Å². The summed E-state index contributed by atoms with van der Waals surface area (Å²) in [6.45, 7) is 1.44. The number of carbonyl (C=O) groups excluding carboxylic acids is 3. The number of halogens is 1. The van der Waals surface area contributed by atoms with E-state index in [1.807, 2.05) is 24.3 Å². The van der Waals surface area contributed by atoms with E-state index in [0.29, 0.717) is 17.1 Å². The third-order valence-corrected chi connectivity index (χ3v) is 5.90. The van der Waals surface area contributed by atoms with Gasteiger partial charge in [0, 0.05) is 10.7 Å². The number of carbonyl (C=O) groups is 3. The van der Waals surface area contributed by atoms with E-state index in [0.717, 1.165) is 34.4 Å². The van der Waals surface area contributed by atoms with E-state index in [9.17, 15) is 14.4 Å². The molecule has 1 fully saturated rings. The molecule has 1 saturated heterocycles. The first-order valence-corrected chi connectivity index (χ1v) is 9.57. The summed E-state index contributed by atoms with van der Waals surface area (Å²) in [7, 11) is 0. The van der Waals surface area contributed by atoms with Gasteiger partial charge in [-0.2, -0.15) is 0 Å². The van der Waals surface area contributed by atoms with Crippen molar-refractivity contribution in [2.45, 2.75) is 31.7 Å². The van der Waals surface area contributed by atoms with Gasteiger partial charge in [0.1, 0.15) is 12.1 Å². The molecule has 0 saturated carbocycles. The van der Waals surface area contributed by atoms with Gasteiger partial charge in [0.25, 0.3) is 5.91 Å². The predicted octanol–water partition coefficient (Wildman–Crippen LogP) is 3.37. The van der Waals surface area contributed by atoms with Crippen LogP contribution in [0.2, 0.25) is 5.02 Å². The van der Waals surface area contributed by atoms with Gasteiger partial charge in [0.05, 0.1) is 0 Å². The van der Waals surface area contributed by atoms with Gasteiger partial charge in [-0.25, -0.2) is 4.79 Å². The molecule has 1 unspecified atom stereocenters. The number of anilines is 1. The van der Waals surface area contributed by atoms with Crippen molar-refractivity contribution in [2.24, 2.45) is 0 Å². The third kappa shape index (κ3) is 2.94. The fraction of sp³-hybridized carbons (Fsp3) is 0.286. The summed E-state index contributed by atoms with van der Waals surface area (Å²) >= 11 is 6.08. The molecule has 28 heavy (non-hydrogen) atoms. The van der Waals surface area contributed by atoms with Crippen LogP contribution in [0, 0.1) is 6.92 Å². The molecule has 4 amide bonds. The molecule has 0 aromatic heterocycles. The molecule has 1 aliphatic heterocycles. The van der Waals surface area contributed by atoms with E-state index in [1.165, 1.54) is 0 Å². The Labute approximate surface area is 167 Å². The van der Waals surface area contributed by atoms with Gasteiger partial charge in [0.15, 0.2) is 0 Å². The van der Waals surface area contributed by atoms with Gasteiger partial charge in [-0.05, 0) is 55.0 Å². The quantitative estimate of drug-likeness (QED) is 0.779. The summed E-state index contributed by atoms with van der Waals surface area (Å²) in [5, 5.41) is 6.12. The molecule has 6 nitrogen and oxygen atoms in total. The molecule has 0 radical (unpaired) electrons. The number of benzene rings is 2. The second-order valence-electron chi connectivity index (χ2n) is 7.20. The Kier molecular flexibility index (Phi) is 4.59. The lowest BCUT2D eigenvalue weighted by Crippen LogP contribution is -2.47. The highest BCUT2D eigenvalue weighted by Gasteiger charge is 2.54. The maximum atomic E-state index is 13.2. The maximum Gasteiger partial charge on any atom is 0.325 e. The van der Waals surface area contributed by atoms with E-state index in [2.05, 4.69) is 10.6 Å². The summed E-state index contributed by atoms with van der Waals surface area (Å²) in [5.74, 6) is -0.822. The molecule has 0 bridgehead atoms. The molecule has 2 aromatic rings. The van der Waals surface area contributed by atoms with Crippen LogP contribution in [0.4, 0.5) is 10.5 Å². The van der Waals surface area contributed by atoms with E-state index in [4.69, 9.17) is 11.6 Å². The Bertz CT molecular complexity index is 991. The monoisotopic (exact) mass is 397 g/mol. The Balaban J connectivity index is 1.56. The first-order valence-electron chi connectivity index (χ1n) is 9.20. The second kappa shape index (κ2) is 6.95. The van der Waals surface area contributed by atoms with Gasteiger partial charge in [-0.3, -0.25) is 14.5 Å². The number of fused-ring (bicyclic) bond motifs is 2. The van der Waals surface area contributed by atoms with Crippen LogP contribution in [0.1, 0.15) is 29.5 Å². The van der Waals surface area contributed by atoms with Gasteiger partial charge in [-0.15, -0.1) is 0 Å². The normalized spacial score (nSPS) is 20.9. The number of nitrogens with one attached hydrogen (secondary N) is 2. The number of amides is 4. The van der Waals surface area contributed by atoms with Crippen molar-refractivity contribution in [1.82, 2.24) is 10.2 Å². The van der Waals surface area contributed by atoms with E-state index < -0.39 is 17.5 Å². The first-order chi connectivity index (χ1) is 13.4. The number of urea groups is 1. The Hall–Kier alpha value is -2.86. The van der Waals surface area contributed by atoms with E-state index in [1.54, 1.807) is 25.1 Å². The van der Waals surface area contributed by atoms with Crippen molar-refractivity contribution in [3.63, 3.8) is 0 Å². The molecule has 7 heteroatoms. The molecule has 2 aromatic carbocycles. The van der Waals surface area contributed by atoms with Crippen molar-refractivity contribution in [3.8, 4) is 0 Å². The van der Waals surface area contributed by atoms with Crippen molar-refractivity contribution in [1.29, 1.82) is 0 Å². The zero-order chi connectivity index (χ0) is 19.9. The van der Waals surface area contributed by atoms with Crippen molar-refractivity contribution < 1.29 is 14.4 Å². The highest BCUT2D eigenvalue weighted by molar-refractivity contribution is 6.31. The summed E-state index contributed by atoms with van der Waals surface area (Å²) in [6, 6.07) is 12.3. The molecule has 1 spiro atoms. The molecule has 2 aliphatic rings. The summed E-state index contributed by atoms with van der Waals surface area (Å²) in [6.07, 6.45) is 2.19. The van der Waals surface area contributed by atoms with Crippen LogP contribution in [0.25, 0.3) is 0 Å². The van der Waals surface area contributed by atoms with Gasteiger partial charge in [-0.1, -0.05) is 41.9 Å². The molecular weight excluding hydrogens is 378 g/mol. The van der Waals surface area contributed by atoms with Crippen LogP contribution in [0.3, 0.4) is 0 Å². The Morgan fingerprint density at radius 1 is 1.21 bits per heavy atom. The number of hydrogen-bond acceptors (Lipinski definition) is 3. The SMILES string of the molecule is Cc1c(Cl)cccc1NC(=O)CN1C(=O)NC2(CCCc3ccccc32)C1=O. The summed E-state index contributed by atoms with van der Waals surface area (Å²) in [5.41, 5.74) is 2.10. The van der Waals surface area contributed by atoms with Crippen LogP contribution >= 0.6 is 11.6 Å². The van der Waals surface area contributed by atoms with Crippen molar-refractivity contribution in [3.05, 3.63) is 64.2 Å². The van der Waals surface area contributed by atoms with Crippen LogP contribution in [0.5, 0.6) is 0 Å². The van der Waals surface area contributed by atoms with E-state index >= 15 is 0 Å². The smallest absolute Gasteiger partial charge is 0.324 e. The minimum Gasteiger partial charge on any atom is -0.324 e. The predicted molar refractivity (Wildman–Crippen MR) is 106 cm³/mol.